The number of aryl methyl sites for hydroxylation is 1. The van der Waals surface area contributed by atoms with Gasteiger partial charge < -0.3 is 9.32 Å². The summed E-state index contributed by atoms with van der Waals surface area (Å²) in [5, 5.41) is 0.430. The number of pyridine rings is 1. The minimum Gasteiger partial charge on any atom is -0.438 e. The van der Waals surface area contributed by atoms with E-state index in [2.05, 4.69) is 4.98 Å². The van der Waals surface area contributed by atoms with Crippen molar-refractivity contribution in [3.05, 3.63) is 58.1 Å². The summed E-state index contributed by atoms with van der Waals surface area (Å²) >= 11 is 0. The summed E-state index contributed by atoms with van der Waals surface area (Å²) in [7, 11) is 3.57. The van der Waals surface area contributed by atoms with Gasteiger partial charge in [0.15, 0.2) is 16.9 Å². The second kappa shape index (κ2) is 5.26. The summed E-state index contributed by atoms with van der Waals surface area (Å²) < 4.78 is 19.4. The van der Waals surface area contributed by atoms with Crippen LogP contribution in [0.25, 0.3) is 22.2 Å². The Labute approximate surface area is 126 Å². The molecule has 0 N–H and O–H groups in total. The van der Waals surface area contributed by atoms with Crippen molar-refractivity contribution in [1.82, 2.24) is 4.98 Å². The third-order valence-corrected chi connectivity index (χ3v) is 3.53. The highest BCUT2D eigenvalue weighted by Gasteiger charge is 2.14. The number of aromatic nitrogens is 1. The topological polar surface area (TPSA) is 46.3 Å². The molecule has 22 heavy (non-hydrogen) atoms. The van der Waals surface area contributed by atoms with Gasteiger partial charge in [0.2, 0.25) is 0 Å². The minimum absolute atomic E-state index is 0.150. The highest BCUT2D eigenvalue weighted by molar-refractivity contribution is 5.90. The lowest BCUT2D eigenvalue weighted by atomic mass is 10.0. The number of anilines is 1. The van der Waals surface area contributed by atoms with Crippen molar-refractivity contribution in [3.63, 3.8) is 0 Å². The SMILES string of the molecule is Cc1ccc(F)cc1-c1nccc2c(=O)cc(N(C)C)oc12. The minimum atomic E-state index is -0.356. The molecule has 4 nitrogen and oxygen atoms in total. The average molecular weight is 298 g/mol. The molecule has 5 heteroatoms. The summed E-state index contributed by atoms with van der Waals surface area (Å²) in [6.45, 7) is 1.86. The van der Waals surface area contributed by atoms with E-state index in [0.29, 0.717) is 28.1 Å². The molecule has 2 heterocycles. The van der Waals surface area contributed by atoms with Crippen LogP contribution in [-0.2, 0) is 0 Å². The van der Waals surface area contributed by atoms with Gasteiger partial charge in [-0.15, -0.1) is 0 Å². The summed E-state index contributed by atoms with van der Waals surface area (Å²) in [4.78, 5) is 18.3. The monoisotopic (exact) mass is 298 g/mol. The number of fused-ring (bicyclic) bond motifs is 1. The first-order valence-corrected chi connectivity index (χ1v) is 6.84. The molecule has 1 aromatic carbocycles. The van der Waals surface area contributed by atoms with Gasteiger partial charge in [0.1, 0.15) is 11.5 Å². The highest BCUT2D eigenvalue weighted by Crippen LogP contribution is 2.30. The Morgan fingerprint density at radius 3 is 2.68 bits per heavy atom. The van der Waals surface area contributed by atoms with Gasteiger partial charge in [-0.1, -0.05) is 6.07 Å². The molecule has 0 spiro atoms. The van der Waals surface area contributed by atoms with Crippen LogP contribution >= 0.6 is 0 Å². The third kappa shape index (κ3) is 2.35. The van der Waals surface area contributed by atoms with Gasteiger partial charge in [-0.05, 0) is 30.7 Å². The summed E-state index contributed by atoms with van der Waals surface area (Å²) in [5.41, 5.74) is 2.16. The Balaban J connectivity index is 2.39. The average Bonchev–Trinajstić information content (AvgIpc) is 2.49. The molecule has 0 amide bonds. The molecule has 0 unspecified atom stereocenters. The summed E-state index contributed by atoms with van der Waals surface area (Å²) in [6, 6.07) is 7.52. The standard InChI is InChI=1S/C17H15FN2O2/c1-10-4-5-11(18)8-13(10)16-17-12(6-7-19-16)14(21)9-15(22-17)20(2)3/h4-9H,1-3H3. The normalized spacial score (nSPS) is 10.9. The largest absolute Gasteiger partial charge is 0.438 e. The number of benzene rings is 1. The molecule has 3 aromatic rings. The second-order valence-electron chi connectivity index (χ2n) is 5.34. The first-order chi connectivity index (χ1) is 10.5. The fourth-order valence-corrected chi connectivity index (χ4v) is 2.33. The lowest BCUT2D eigenvalue weighted by molar-refractivity contribution is 0.597. The van der Waals surface area contributed by atoms with Crippen molar-refractivity contribution in [2.75, 3.05) is 19.0 Å². The Morgan fingerprint density at radius 2 is 1.95 bits per heavy atom. The number of rotatable bonds is 2. The predicted molar refractivity (Wildman–Crippen MR) is 84.7 cm³/mol. The molecule has 0 aliphatic heterocycles. The van der Waals surface area contributed by atoms with Crippen molar-refractivity contribution in [3.8, 4) is 11.3 Å². The van der Waals surface area contributed by atoms with Crippen LogP contribution in [0.1, 0.15) is 5.56 Å². The number of halogens is 1. The van der Waals surface area contributed by atoms with Gasteiger partial charge in [-0.25, -0.2) is 4.39 Å². The van der Waals surface area contributed by atoms with Gasteiger partial charge in [-0.3, -0.25) is 9.78 Å². The van der Waals surface area contributed by atoms with Gasteiger partial charge >= 0.3 is 0 Å². The maximum absolute atomic E-state index is 13.6. The summed E-state index contributed by atoms with van der Waals surface area (Å²) in [5.74, 6) is 0.0753. The smallest absolute Gasteiger partial charge is 0.199 e. The highest BCUT2D eigenvalue weighted by atomic mass is 19.1. The molecule has 3 rings (SSSR count). The van der Waals surface area contributed by atoms with E-state index in [0.717, 1.165) is 5.56 Å². The van der Waals surface area contributed by atoms with E-state index in [1.165, 1.54) is 24.4 Å². The molecule has 0 atom stereocenters. The van der Waals surface area contributed by atoms with Gasteiger partial charge in [0, 0.05) is 31.9 Å². The lowest BCUT2D eigenvalue weighted by Gasteiger charge is -2.13. The molecule has 112 valence electrons. The summed E-state index contributed by atoms with van der Waals surface area (Å²) in [6.07, 6.45) is 1.54. The van der Waals surface area contributed by atoms with Gasteiger partial charge in [0.05, 0.1) is 5.39 Å². The van der Waals surface area contributed by atoms with Crippen molar-refractivity contribution >= 4 is 16.9 Å². The zero-order valence-electron chi connectivity index (χ0n) is 12.6. The van der Waals surface area contributed by atoms with Crippen LogP contribution in [0.4, 0.5) is 10.3 Å². The molecule has 0 saturated carbocycles. The number of hydrogen-bond acceptors (Lipinski definition) is 4. The number of hydrogen-bond donors (Lipinski definition) is 0. The molecular weight excluding hydrogens is 283 g/mol. The maximum atomic E-state index is 13.6. The molecule has 0 fully saturated rings. The van der Waals surface area contributed by atoms with Crippen LogP contribution in [0, 0.1) is 12.7 Å². The van der Waals surface area contributed by atoms with Crippen LogP contribution in [-0.4, -0.2) is 19.1 Å². The van der Waals surface area contributed by atoms with E-state index in [1.807, 2.05) is 6.92 Å². The van der Waals surface area contributed by atoms with E-state index in [1.54, 1.807) is 31.1 Å². The van der Waals surface area contributed by atoms with Crippen LogP contribution in [0.3, 0.4) is 0 Å². The molecule has 0 radical (unpaired) electrons. The Bertz CT molecular complexity index is 916. The van der Waals surface area contributed by atoms with Crippen LogP contribution in [0.5, 0.6) is 0 Å². The maximum Gasteiger partial charge on any atom is 0.199 e. The van der Waals surface area contributed by atoms with E-state index < -0.39 is 0 Å². The predicted octanol–water partition coefficient (Wildman–Crippen LogP) is 3.37. The van der Waals surface area contributed by atoms with Crippen LogP contribution in [0.15, 0.2) is 45.7 Å². The zero-order chi connectivity index (χ0) is 15.9. The molecule has 0 aliphatic carbocycles. The molecule has 0 aliphatic rings. The van der Waals surface area contributed by atoms with E-state index in [9.17, 15) is 9.18 Å². The van der Waals surface area contributed by atoms with Gasteiger partial charge in [0.25, 0.3) is 0 Å². The van der Waals surface area contributed by atoms with Crippen molar-refractivity contribution in [2.45, 2.75) is 6.92 Å². The van der Waals surface area contributed by atoms with E-state index >= 15 is 0 Å². The van der Waals surface area contributed by atoms with E-state index in [-0.39, 0.29) is 11.2 Å². The Kier molecular flexibility index (Phi) is 3.41. The fourth-order valence-electron chi connectivity index (χ4n) is 2.33. The van der Waals surface area contributed by atoms with Crippen molar-refractivity contribution in [1.29, 1.82) is 0 Å². The van der Waals surface area contributed by atoms with Crippen molar-refractivity contribution in [2.24, 2.45) is 0 Å². The Morgan fingerprint density at radius 1 is 1.18 bits per heavy atom. The third-order valence-electron chi connectivity index (χ3n) is 3.53. The number of nitrogens with zero attached hydrogens (tertiary/aromatic N) is 2. The molecule has 2 aromatic heterocycles. The zero-order valence-corrected chi connectivity index (χ0v) is 12.6. The second-order valence-corrected chi connectivity index (χ2v) is 5.34. The van der Waals surface area contributed by atoms with Crippen LogP contribution < -0.4 is 10.3 Å². The first kappa shape index (κ1) is 14.3. The molecular formula is C17H15FN2O2. The molecule has 0 bridgehead atoms. The Hall–Kier alpha value is -2.69. The fraction of sp³-hybridized carbons (Fsp3) is 0.176. The van der Waals surface area contributed by atoms with Crippen LogP contribution in [0.2, 0.25) is 0 Å². The molecule has 0 saturated heterocycles. The first-order valence-electron chi connectivity index (χ1n) is 6.84. The van der Waals surface area contributed by atoms with Crippen molar-refractivity contribution < 1.29 is 8.81 Å². The van der Waals surface area contributed by atoms with Gasteiger partial charge in [-0.2, -0.15) is 0 Å². The lowest BCUT2D eigenvalue weighted by Crippen LogP contribution is -2.12. The van der Waals surface area contributed by atoms with E-state index in [4.69, 9.17) is 4.42 Å². The quantitative estimate of drug-likeness (QED) is 0.727.